The lowest BCUT2D eigenvalue weighted by Crippen LogP contribution is -2.32. The number of rotatable bonds is 5. The predicted octanol–water partition coefficient (Wildman–Crippen LogP) is 3.11. The van der Waals surface area contributed by atoms with Crippen molar-refractivity contribution in [1.82, 2.24) is 4.90 Å². The third-order valence-electron chi connectivity index (χ3n) is 3.67. The van der Waals surface area contributed by atoms with Gasteiger partial charge >= 0.3 is 0 Å². The van der Waals surface area contributed by atoms with Gasteiger partial charge < -0.3 is 4.90 Å². The van der Waals surface area contributed by atoms with Crippen LogP contribution in [0, 0.1) is 17.2 Å². The molecule has 96 valence electrons. The lowest BCUT2D eigenvalue weighted by molar-refractivity contribution is -0.132. The van der Waals surface area contributed by atoms with Crippen molar-refractivity contribution < 1.29 is 4.79 Å². The first-order valence-electron chi connectivity index (χ1n) is 6.92. The zero-order valence-corrected chi connectivity index (χ0v) is 11.0. The van der Waals surface area contributed by atoms with Gasteiger partial charge in [-0.05, 0) is 25.7 Å². The third-order valence-corrected chi connectivity index (χ3v) is 3.67. The van der Waals surface area contributed by atoms with Crippen LogP contribution in [-0.4, -0.2) is 23.9 Å². The molecule has 1 saturated carbocycles. The lowest BCUT2D eigenvalue weighted by Gasteiger charge is -2.22. The molecule has 1 fully saturated rings. The van der Waals surface area contributed by atoms with Gasteiger partial charge in [0, 0.05) is 19.5 Å². The molecule has 0 atom stereocenters. The van der Waals surface area contributed by atoms with Crippen LogP contribution in [0.15, 0.2) is 0 Å². The maximum atomic E-state index is 12.1. The van der Waals surface area contributed by atoms with Crippen LogP contribution in [0.1, 0.15) is 58.3 Å². The van der Waals surface area contributed by atoms with E-state index in [0.29, 0.717) is 25.3 Å². The first-order chi connectivity index (χ1) is 8.27. The minimum atomic E-state index is 0.245. The Hall–Kier alpha value is -1.04. The minimum Gasteiger partial charge on any atom is -0.342 e. The monoisotopic (exact) mass is 236 g/mol. The summed E-state index contributed by atoms with van der Waals surface area (Å²) in [6.45, 7) is 3.31. The fourth-order valence-corrected chi connectivity index (χ4v) is 2.59. The average molecular weight is 236 g/mol. The van der Waals surface area contributed by atoms with E-state index >= 15 is 0 Å². The van der Waals surface area contributed by atoms with Gasteiger partial charge in [-0.2, -0.15) is 5.26 Å². The molecule has 0 aromatic carbocycles. The van der Waals surface area contributed by atoms with Crippen LogP contribution >= 0.6 is 0 Å². The molecule has 0 saturated heterocycles. The van der Waals surface area contributed by atoms with E-state index in [0.717, 1.165) is 6.54 Å². The number of hydrogen-bond donors (Lipinski definition) is 0. The average Bonchev–Trinajstić information content (AvgIpc) is 2.58. The molecule has 0 bridgehead atoms. The van der Waals surface area contributed by atoms with Gasteiger partial charge in [0.15, 0.2) is 0 Å². The van der Waals surface area contributed by atoms with Gasteiger partial charge in [-0.1, -0.05) is 25.7 Å². The fourth-order valence-electron chi connectivity index (χ4n) is 2.59. The first-order valence-corrected chi connectivity index (χ1v) is 6.92. The van der Waals surface area contributed by atoms with Crippen LogP contribution in [0.3, 0.4) is 0 Å². The van der Waals surface area contributed by atoms with E-state index in [-0.39, 0.29) is 5.91 Å². The van der Waals surface area contributed by atoms with Crippen LogP contribution in [0.5, 0.6) is 0 Å². The van der Waals surface area contributed by atoms with Gasteiger partial charge in [0.25, 0.3) is 0 Å². The summed E-state index contributed by atoms with van der Waals surface area (Å²) >= 11 is 0. The smallest absolute Gasteiger partial charge is 0.222 e. The zero-order chi connectivity index (χ0) is 12.5. The highest BCUT2D eigenvalue weighted by Crippen LogP contribution is 2.25. The molecule has 1 amide bonds. The van der Waals surface area contributed by atoms with Gasteiger partial charge in [0.1, 0.15) is 0 Å². The van der Waals surface area contributed by atoms with Crippen LogP contribution in [0.25, 0.3) is 0 Å². The van der Waals surface area contributed by atoms with E-state index in [4.69, 9.17) is 5.26 Å². The van der Waals surface area contributed by atoms with Crippen molar-refractivity contribution in [1.29, 1.82) is 5.26 Å². The van der Waals surface area contributed by atoms with Crippen molar-refractivity contribution in [2.24, 2.45) is 5.92 Å². The maximum absolute atomic E-state index is 12.1. The summed E-state index contributed by atoms with van der Waals surface area (Å²) in [7, 11) is 0. The molecule has 0 radical (unpaired) electrons. The SMILES string of the molecule is CCN(CCC#N)C(=O)CC1CCCCCC1. The lowest BCUT2D eigenvalue weighted by atomic mass is 9.96. The molecule has 1 rings (SSSR count). The van der Waals surface area contributed by atoms with Gasteiger partial charge in [0.2, 0.25) is 5.91 Å². The van der Waals surface area contributed by atoms with Crippen molar-refractivity contribution in [2.45, 2.75) is 58.3 Å². The quantitative estimate of drug-likeness (QED) is 0.688. The molecule has 17 heavy (non-hydrogen) atoms. The molecular weight excluding hydrogens is 212 g/mol. The normalized spacial score (nSPS) is 17.2. The molecule has 0 N–H and O–H groups in total. The van der Waals surface area contributed by atoms with Crippen molar-refractivity contribution in [3.8, 4) is 6.07 Å². The van der Waals surface area contributed by atoms with Crippen molar-refractivity contribution in [3.63, 3.8) is 0 Å². The largest absolute Gasteiger partial charge is 0.342 e. The zero-order valence-electron chi connectivity index (χ0n) is 11.0. The van der Waals surface area contributed by atoms with E-state index < -0.39 is 0 Å². The van der Waals surface area contributed by atoms with Gasteiger partial charge in [-0.3, -0.25) is 4.79 Å². The topological polar surface area (TPSA) is 44.1 Å². The molecule has 3 nitrogen and oxygen atoms in total. The maximum Gasteiger partial charge on any atom is 0.222 e. The molecule has 1 aliphatic rings. The van der Waals surface area contributed by atoms with E-state index in [1.54, 1.807) is 0 Å². The first kappa shape index (κ1) is 14.0. The molecule has 0 aromatic rings. The Balaban J connectivity index is 2.37. The van der Waals surface area contributed by atoms with Crippen molar-refractivity contribution in [3.05, 3.63) is 0 Å². The molecule has 0 heterocycles. The Bertz CT molecular complexity index is 262. The Morgan fingerprint density at radius 2 is 1.94 bits per heavy atom. The number of hydrogen-bond acceptors (Lipinski definition) is 2. The summed E-state index contributed by atoms with van der Waals surface area (Å²) in [6, 6.07) is 2.11. The fraction of sp³-hybridized carbons (Fsp3) is 0.857. The highest BCUT2D eigenvalue weighted by atomic mass is 16.2. The van der Waals surface area contributed by atoms with E-state index in [1.165, 1.54) is 38.5 Å². The van der Waals surface area contributed by atoms with Gasteiger partial charge in [-0.25, -0.2) is 0 Å². The van der Waals surface area contributed by atoms with Crippen LogP contribution in [-0.2, 0) is 4.79 Å². The van der Waals surface area contributed by atoms with E-state index in [2.05, 4.69) is 6.07 Å². The summed E-state index contributed by atoms with van der Waals surface area (Å²) in [6.07, 6.45) is 8.78. The second kappa shape index (κ2) is 8.11. The molecule has 1 aliphatic carbocycles. The summed E-state index contributed by atoms with van der Waals surface area (Å²) in [5, 5.41) is 8.56. The highest BCUT2D eigenvalue weighted by molar-refractivity contribution is 5.76. The molecule has 0 spiro atoms. The summed E-state index contributed by atoms with van der Waals surface area (Å²) < 4.78 is 0. The predicted molar refractivity (Wildman–Crippen MR) is 68.3 cm³/mol. The van der Waals surface area contributed by atoms with Gasteiger partial charge in [0.05, 0.1) is 12.5 Å². The Morgan fingerprint density at radius 1 is 1.29 bits per heavy atom. The molecule has 0 aromatic heterocycles. The molecule has 0 unspecified atom stereocenters. The van der Waals surface area contributed by atoms with Crippen LogP contribution < -0.4 is 0 Å². The second-order valence-electron chi connectivity index (χ2n) is 4.94. The number of nitriles is 1. The summed E-state index contributed by atoms with van der Waals surface area (Å²) in [4.78, 5) is 13.9. The number of carbonyl (C=O) groups is 1. The van der Waals surface area contributed by atoms with Crippen molar-refractivity contribution >= 4 is 5.91 Å². The van der Waals surface area contributed by atoms with Crippen LogP contribution in [0.2, 0.25) is 0 Å². The third kappa shape index (κ3) is 5.21. The van der Waals surface area contributed by atoms with Crippen molar-refractivity contribution in [2.75, 3.05) is 13.1 Å². The summed E-state index contributed by atoms with van der Waals surface area (Å²) in [5.74, 6) is 0.829. The second-order valence-corrected chi connectivity index (χ2v) is 4.94. The number of carbonyl (C=O) groups excluding carboxylic acids is 1. The Morgan fingerprint density at radius 3 is 2.47 bits per heavy atom. The Kier molecular flexibility index (Phi) is 6.69. The van der Waals surface area contributed by atoms with E-state index in [9.17, 15) is 4.79 Å². The Labute approximate surface area is 105 Å². The molecular formula is C14H24N2O. The van der Waals surface area contributed by atoms with Gasteiger partial charge in [-0.15, -0.1) is 0 Å². The van der Waals surface area contributed by atoms with E-state index in [1.807, 2.05) is 11.8 Å². The standard InChI is InChI=1S/C14H24N2O/c1-2-16(11-7-10-15)14(17)12-13-8-5-3-4-6-9-13/h13H,2-9,11-12H2,1H3. The minimum absolute atomic E-state index is 0.245. The molecule has 0 aliphatic heterocycles. The highest BCUT2D eigenvalue weighted by Gasteiger charge is 2.19. The number of nitrogens with zero attached hydrogens (tertiary/aromatic N) is 2. The number of amides is 1. The summed E-state index contributed by atoms with van der Waals surface area (Å²) in [5.41, 5.74) is 0. The van der Waals surface area contributed by atoms with Crippen LogP contribution in [0.4, 0.5) is 0 Å². The molecule has 3 heteroatoms.